The van der Waals surface area contributed by atoms with Crippen LogP contribution in [0.1, 0.15) is 16.5 Å². The van der Waals surface area contributed by atoms with E-state index in [0.29, 0.717) is 5.56 Å². The van der Waals surface area contributed by atoms with Crippen LogP contribution >= 0.6 is 11.6 Å². The molecule has 0 aliphatic carbocycles. The van der Waals surface area contributed by atoms with Gasteiger partial charge in [-0.15, -0.1) is 11.6 Å². The summed E-state index contributed by atoms with van der Waals surface area (Å²) in [5.41, 5.74) is 5.53. The lowest BCUT2D eigenvalue weighted by molar-refractivity contribution is -0.117. The van der Waals surface area contributed by atoms with Crippen molar-refractivity contribution in [2.75, 3.05) is 0 Å². The van der Waals surface area contributed by atoms with Crippen LogP contribution < -0.4 is 5.73 Å². The van der Waals surface area contributed by atoms with Crippen molar-refractivity contribution in [3.63, 3.8) is 0 Å². The summed E-state index contributed by atoms with van der Waals surface area (Å²) in [5, 5.41) is -1.10. The number of amides is 1. The predicted molar refractivity (Wildman–Crippen MR) is 48.9 cm³/mol. The molecule has 1 unspecified atom stereocenters. The Balaban J connectivity index is 3.15. The van der Waals surface area contributed by atoms with Gasteiger partial charge in [0, 0.05) is 5.56 Å². The Morgan fingerprint density at radius 1 is 1.62 bits per heavy atom. The highest BCUT2D eigenvalue weighted by Crippen LogP contribution is 2.24. The first-order chi connectivity index (χ1) is 6.04. The number of rotatable bonds is 2. The molecular weight excluding hydrogens is 193 g/mol. The van der Waals surface area contributed by atoms with Gasteiger partial charge in [0.25, 0.3) is 0 Å². The van der Waals surface area contributed by atoms with E-state index in [4.69, 9.17) is 17.3 Å². The Kier molecular flexibility index (Phi) is 2.88. The Morgan fingerprint density at radius 2 is 2.23 bits per heavy atom. The third kappa shape index (κ3) is 1.98. The fourth-order valence-corrected chi connectivity index (χ4v) is 1.19. The van der Waals surface area contributed by atoms with E-state index in [1.54, 1.807) is 19.1 Å². The van der Waals surface area contributed by atoms with Crippen LogP contribution in [0.2, 0.25) is 0 Å². The van der Waals surface area contributed by atoms with E-state index in [0.717, 1.165) is 0 Å². The molecule has 4 heteroatoms. The van der Waals surface area contributed by atoms with Crippen LogP contribution in [-0.4, -0.2) is 5.91 Å². The summed E-state index contributed by atoms with van der Waals surface area (Å²) in [4.78, 5) is 10.7. The Bertz CT molecular complexity index is 340. The van der Waals surface area contributed by atoms with E-state index in [1.165, 1.54) is 6.07 Å². The molecule has 0 aliphatic heterocycles. The van der Waals surface area contributed by atoms with Crippen molar-refractivity contribution in [3.05, 3.63) is 35.1 Å². The zero-order valence-corrected chi connectivity index (χ0v) is 7.81. The number of alkyl halides is 1. The van der Waals surface area contributed by atoms with Gasteiger partial charge < -0.3 is 5.73 Å². The van der Waals surface area contributed by atoms with E-state index < -0.39 is 17.1 Å². The lowest BCUT2D eigenvalue weighted by Crippen LogP contribution is -2.18. The molecule has 1 atom stereocenters. The van der Waals surface area contributed by atoms with Gasteiger partial charge in [-0.05, 0) is 12.5 Å². The lowest BCUT2D eigenvalue weighted by atomic mass is 10.1. The number of benzene rings is 1. The second-order valence-electron chi connectivity index (χ2n) is 2.74. The molecule has 1 aromatic rings. The molecule has 1 amide bonds. The Morgan fingerprint density at radius 3 is 2.77 bits per heavy atom. The van der Waals surface area contributed by atoms with Crippen LogP contribution in [0, 0.1) is 12.7 Å². The van der Waals surface area contributed by atoms with Crippen molar-refractivity contribution < 1.29 is 9.18 Å². The molecule has 13 heavy (non-hydrogen) atoms. The Labute approximate surface area is 80.5 Å². The van der Waals surface area contributed by atoms with Crippen LogP contribution in [0.5, 0.6) is 0 Å². The minimum atomic E-state index is -1.10. The molecule has 1 aromatic carbocycles. The van der Waals surface area contributed by atoms with E-state index >= 15 is 0 Å². The van der Waals surface area contributed by atoms with Gasteiger partial charge in [-0.1, -0.05) is 18.2 Å². The minimum absolute atomic E-state index is 0.133. The number of nitrogens with two attached hydrogens (primary N) is 1. The maximum absolute atomic E-state index is 13.3. The van der Waals surface area contributed by atoms with Gasteiger partial charge in [0.1, 0.15) is 11.2 Å². The van der Waals surface area contributed by atoms with Crippen molar-refractivity contribution in [2.45, 2.75) is 12.3 Å². The first-order valence-electron chi connectivity index (χ1n) is 3.72. The molecular formula is C9H9ClFNO. The lowest BCUT2D eigenvalue weighted by Gasteiger charge is -2.07. The molecule has 2 N–H and O–H groups in total. The van der Waals surface area contributed by atoms with Crippen LogP contribution in [0.25, 0.3) is 0 Å². The molecule has 0 bridgehead atoms. The van der Waals surface area contributed by atoms with Gasteiger partial charge in [-0.2, -0.15) is 0 Å². The highest BCUT2D eigenvalue weighted by atomic mass is 35.5. The van der Waals surface area contributed by atoms with E-state index in [1.807, 2.05) is 0 Å². The first-order valence-corrected chi connectivity index (χ1v) is 4.16. The minimum Gasteiger partial charge on any atom is -0.368 e. The van der Waals surface area contributed by atoms with Crippen LogP contribution in [0.4, 0.5) is 4.39 Å². The van der Waals surface area contributed by atoms with Crippen LogP contribution in [0.3, 0.4) is 0 Å². The molecule has 0 aliphatic rings. The molecule has 2 nitrogen and oxygen atoms in total. The second-order valence-corrected chi connectivity index (χ2v) is 3.18. The maximum Gasteiger partial charge on any atom is 0.240 e. The number of hydrogen-bond donors (Lipinski definition) is 1. The van der Waals surface area contributed by atoms with Gasteiger partial charge in [-0.25, -0.2) is 4.39 Å². The monoisotopic (exact) mass is 201 g/mol. The highest BCUT2D eigenvalue weighted by Gasteiger charge is 2.18. The molecule has 0 radical (unpaired) electrons. The van der Waals surface area contributed by atoms with Crippen molar-refractivity contribution in [3.8, 4) is 0 Å². The standard InChI is InChI=1S/C9H9ClFNO/c1-5-3-2-4-6(8(5)11)7(10)9(12)13/h2-4,7H,1H3,(H2,12,13). The van der Waals surface area contributed by atoms with Crippen molar-refractivity contribution in [1.82, 2.24) is 0 Å². The zero-order valence-electron chi connectivity index (χ0n) is 7.05. The van der Waals surface area contributed by atoms with Crippen molar-refractivity contribution in [1.29, 1.82) is 0 Å². The average molecular weight is 202 g/mol. The van der Waals surface area contributed by atoms with E-state index in [2.05, 4.69) is 0 Å². The molecule has 0 spiro atoms. The number of halogens is 2. The van der Waals surface area contributed by atoms with Crippen molar-refractivity contribution >= 4 is 17.5 Å². The van der Waals surface area contributed by atoms with E-state index in [-0.39, 0.29) is 5.56 Å². The van der Waals surface area contributed by atoms with Crippen molar-refractivity contribution in [2.24, 2.45) is 5.73 Å². The van der Waals surface area contributed by atoms with Crippen LogP contribution in [-0.2, 0) is 4.79 Å². The van der Waals surface area contributed by atoms with Gasteiger partial charge in [0.2, 0.25) is 5.91 Å². The molecule has 0 saturated carbocycles. The fraction of sp³-hybridized carbons (Fsp3) is 0.222. The zero-order chi connectivity index (χ0) is 10.0. The SMILES string of the molecule is Cc1cccc(C(Cl)C(N)=O)c1F. The molecule has 0 saturated heterocycles. The summed E-state index contributed by atoms with van der Waals surface area (Å²) < 4.78 is 13.3. The summed E-state index contributed by atoms with van der Waals surface area (Å²) in [7, 11) is 0. The first kappa shape index (κ1) is 9.99. The summed E-state index contributed by atoms with van der Waals surface area (Å²) in [5.74, 6) is -1.22. The fourth-order valence-electron chi connectivity index (χ4n) is 1.02. The van der Waals surface area contributed by atoms with Crippen LogP contribution in [0.15, 0.2) is 18.2 Å². The van der Waals surface area contributed by atoms with E-state index in [9.17, 15) is 9.18 Å². The highest BCUT2D eigenvalue weighted by molar-refractivity contribution is 6.30. The smallest absolute Gasteiger partial charge is 0.240 e. The second kappa shape index (κ2) is 3.75. The molecule has 0 fully saturated rings. The number of hydrogen-bond acceptors (Lipinski definition) is 1. The summed E-state index contributed by atoms with van der Waals surface area (Å²) in [6.45, 7) is 1.60. The van der Waals surface area contributed by atoms with Gasteiger partial charge >= 0.3 is 0 Å². The molecule has 1 rings (SSSR count). The number of aryl methyl sites for hydroxylation is 1. The van der Waals surface area contributed by atoms with Gasteiger partial charge in [-0.3, -0.25) is 4.79 Å². The normalized spacial score (nSPS) is 12.5. The molecule has 70 valence electrons. The Hall–Kier alpha value is -1.09. The van der Waals surface area contributed by atoms with Gasteiger partial charge in [0.05, 0.1) is 0 Å². The quantitative estimate of drug-likeness (QED) is 0.730. The number of carbonyl (C=O) groups excluding carboxylic acids is 1. The third-order valence-electron chi connectivity index (χ3n) is 1.74. The molecule has 0 aromatic heterocycles. The predicted octanol–water partition coefficient (Wildman–Crippen LogP) is 1.90. The third-order valence-corrected chi connectivity index (χ3v) is 2.19. The topological polar surface area (TPSA) is 43.1 Å². The summed E-state index contributed by atoms with van der Waals surface area (Å²) >= 11 is 5.60. The molecule has 0 heterocycles. The summed E-state index contributed by atoms with van der Waals surface area (Å²) in [6, 6.07) is 4.68. The maximum atomic E-state index is 13.3. The average Bonchev–Trinajstić information content (AvgIpc) is 2.08. The summed E-state index contributed by atoms with van der Waals surface area (Å²) in [6.07, 6.45) is 0. The van der Waals surface area contributed by atoms with Gasteiger partial charge in [0.15, 0.2) is 0 Å². The number of carbonyl (C=O) groups is 1. The number of primary amides is 1. The largest absolute Gasteiger partial charge is 0.368 e.